The van der Waals surface area contributed by atoms with Gasteiger partial charge in [0.05, 0.1) is 10.6 Å². The van der Waals surface area contributed by atoms with Gasteiger partial charge in [-0.2, -0.15) is 0 Å². The van der Waals surface area contributed by atoms with Crippen LogP contribution in [0.1, 0.15) is 16.7 Å². The molecule has 0 bridgehead atoms. The molecule has 122 valence electrons. The molecule has 0 aliphatic carbocycles. The summed E-state index contributed by atoms with van der Waals surface area (Å²) in [6, 6.07) is 11.1. The number of aryl methyl sites for hydroxylation is 2. The Morgan fingerprint density at radius 2 is 1.79 bits per heavy atom. The zero-order valence-corrected chi connectivity index (χ0v) is 16.1. The number of halogens is 2. The normalized spacial score (nSPS) is 16.3. The van der Waals surface area contributed by atoms with Crippen LogP contribution < -0.4 is 4.90 Å². The Morgan fingerprint density at radius 1 is 1.12 bits per heavy atom. The van der Waals surface area contributed by atoms with Gasteiger partial charge >= 0.3 is 0 Å². The molecule has 0 aromatic heterocycles. The first-order valence-corrected chi connectivity index (χ1v) is 9.16. The summed E-state index contributed by atoms with van der Waals surface area (Å²) in [4.78, 5) is 15.0. The second kappa shape index (κ2) is 6.89. The molecule has 3 rings (SSSR count). The van der Waals surface area contributed by atoms with Crippen molar-refractivity contribution in [3.05, 3.63) is 68.0 Å². The summed E-state index contributed by atoms with van der Waals surface area (Å²) >= 11 is 18.8. The van der Waals surface area contributed by atoms with E-state index in [1.807, 2.05) is 32.0 Å². The molecule has 2 aromatic carbocycles. The molecule has 0 N–H and O–H groups in total. The first-order chi connectivity index (χ1) is 11.4. The number of hydrogen-bond donors (Lipinski definition) is 0. The quantitative estimate of drug-likeness (QED) is 0.459. The first kappa shape index (κ1) is 17.5. The third kappa shape index (κ3) is 3.24. The summed E-state index contributed by atoms with van der Waals surface area (Å²) in [6.45, 7) is 3.95. The molecule has 2 aromatic rings. The van der Waals surface area contributed by atoms with Crippen LogP contribution in [0.2, 0.25) is 10.0 Å². The number of anilines is 1. The van der Waals surface area contributed by atoms with Crippen LogP contribution in [0.4, 0.5) is 5.69 Å². The SMILES string of the molecule is Cc1cccc(C)c1N1C(=O)/C(=C/c2ccc(Cl)cc2Cl)SC1=S. The zero-order chi connectivity index (χ0) is 17.4. The third-order valence-electron chi connectivity index (χ3n) is 3.71. The first-order valence-electron chi connectivity index (χ1n) is 7.17. The van der Waals surface area contributed by atoms with Crippen LogP contribution in [0.15, 0.2) is 41.3 Å². The number of para-hydroxylation sites is 1. The van der Waals surface area contributed by atoms with Gasteiger partial charge < -0.3 is 0 Å². The Kier molecular flexibility index (Phi) is 5.02. The van der Waals surface area contributed by atoms with Crippen LogP contribution in [0.25, 0.3) is 6.08 Å². The number of hydrogen-bond acceptors (Lipinski definition) is 3. The van der Waals surface area contributed by atoms with Crippen LogP contribution in [-0.2, 0) is 4.79 Å². The van der Waals surface area contributed by atoms with E-state index in [9.17, 15) is 4.79 Å². The van der Waals surface area contributed by atoms with E-state index in [1.54, 1.807) is 29.2 Å². The van der Waals surface area contributed by atoms with E-state index < -0.39 is 0 Å². The summed E-state index contributed by atoms with van der Waals surface area (Å²) in [5.74, 6) is -0.131. The lowest BCUT2D eigenvalue weighted by atomic mass is 10.1. The van der Waals surface area contributed by atoms with Crippen molar-refractivity contribution in [2.24, 2.45) is 0 Å². The van der Waals surface area contributed by atoms with Gasteiger partial charge in [0.25, 0.3) is 5.91 Å². The van der Waals surface area contributed by atoms with Crippen LogP contribution in [0.5, 0.6) is 0 Å². The average molecular weight is 394 g/mol. The number of carbonyl (C=O) groups is 1. The number of nitrogens with zero attached hydrogens (tertiary/aromatic N) is 1. The van der Waals surface area contributed by atoms with Crippen molar-refractivity contribution >= 4 is 69.2 Å². The van der Waals surface area contributed by atoms with Gasteiger partial charge in [0.1, 0.15) is 0 Å². The molecule has 24 heavy (non-hydrogen) atoms. The standard InChI is InChI=1S/C18H13Cl2NOS2/c1-10-4-3-5-11(2)16(10)21-17(22)15(24-18(21)23)8-12-6-7-13(19)9-14(12)20/h3-9H,1-2H3/b15-8-. The zero-order valence-electron chi connectivity index (χ0n) is 13.0. The van der Waals surface area contributed by atoms with E-state index in [4.69, 9.17) is 35.4 Å². The number of thioether (sulfide) groups is 1. The second-order valence-corrected chi connectivity index (χ2v) is 7.94. The topological polar surface area (TPSA) is 20.3 Å². The van der Waals surface area contributed by atoms with Crippen molar-refractivity contribution < 1.29 is 4.79 Å². The number of benzene rings is 2. The highest BCUT2D eigenvalue weighted by Gasteiger charge is 2.34. The van der Waals surface area contributed by atoms with E-state index in [0.717, 1.165) is 22.4 Å². The fraction of sp³-hybridized carbons (Fsp3) is 0.111. The summed E-state index contributed by atoms with van der Waals surface area (Å²) in [7, 11) is 0. The van der Waals surface area contributed by atoms with E-state index in [0.29, 0.717) is 19.3 Å². The molecule has 0 unspecified atom stereocenters. The monoisotopic (exact) mass is 393 g/mol. The van der Waals surface area contributed by atoms with Crippen LogP contribution in [-0.4, -0.2) is 10.2 Å². The van der Waals surface area contributed by atoms with Crippen molar-refractivity contribution in [3.8, 4) is 0 Å². The minimum Gasteiger partial charge on any atom is -0.268 e. The van der Waals surface area contributed by atoms with Crippen molar-refractivity contribution in [2.45, 2.75) is 13.8 Å². The Labute approximate surface area is 160 Å². The van der Waals surface area contributed by atoms with Gasteiger partial charge in [-0.1, -0.05) is 71.4 Å². The summed E-state index contributed by atoms with van der Waals surface area (Å²) in [6.07, 6.45) is 1.76. The maximum atomic E-state index is 12.9. The van der Waals surface area contributed by atoms with Gasteiger partial charge in [-0.15, -0.1) is 0 Å². The maximum absolute atomic E-state index is 12.9. The smallest absolute Gasteiger partial charge is 0.268 e. The highest BCUT2D eigenvalue weighted by Crippen LogP contribution is 2.39. The van der Waals surface area contributed by atoms with Crippen molar-refractivity contribution in [1.29, 1.82) is 0 Å². The lowest BCUT2D eigenvalue weighted by molar-refractivity contribution is -0.113. The van der Waals surface area contributed by atoms with Gasteiger partial charge in [-0.25, -0.2) is 0 Å². The summed E-state index contributed by atoms with van der Waals surface area (Å²) in [5, 5.41) is 1.06. The Balaban J connectivity index is 2.02. The Hall–Kier alpha value is -1.33. The van der Waals surface area contributed by atoms with Gasteiger partial charge in [-0.05, 0) is 48.7 Å². The number of thiocarbonyl (C=S) groups is 1. The van der Waals surface area contributed by atoms with E-state index in [1.165, 1.54) is 11.8 Å². The minimum atomic E-state index is -0.131. The Bertz CT molecular complexity index is 872. The van der Waals surface area contributed by atoms with Crippen LogP contribution >= 0.6 is 47.2 Å². The van der Waals surface area contributed by atoms with Gasteiger partial charge in [0, 0.05) is 10.0 Å². The molecule has 0 radical (unpaired) electrons. The molecule has 0 spiro atoms. The summed E-state index contributed by atoms with van der Waals surface area (Å²) in [5.41, 5.74) is 3.61. The minimum absolute atomic E-state index is 0.131. The van der Waals surface area contributed by atoms with Gasteiger partial charge in [-0.3, -0.25) is 9.69 Å². The number of amides is 1. The fourth-order valence-corrected chi connectivity index (χ4v) is 4.30. The van der Waals surface area contributed by atoms with Crippen LogP contribution in [0.3, 0.4) is 0 Å². The third-order valence-corrected chi connectivity index (χ3v) is 5.57. The lowest BCUT2D eigenvalue weighted by Gasteiger charge is -2.19. The highest BCUT2D eigenvalue weighted by molar-refractivity contribution is 8.27. The fourth-order valence-electron chi connectivity index (χ4n) is 2.58. The predicted octanol–water partition coefficient (Wildman–Crippen LogP) is 6.02. The molecule has 1 aliphatic heterocycles. The molecular weight excluding hydrogens is 381 g/mol. The molecule has 1 amide bonds. The maximum Gasteiger partial charge on any atom is 0.270 e. The molecule has 1 heterocycles. The number of carbonyl (C=O) groups excluding carboxylic acids is 1. The largest absolute Gasteiger partial charge is 0.270 e. The molecule has 0 saturated carbocycles. The number of rotatable bonds is 2. The molecular formula is C18H13Cl2NOS2. The Morgan fingerprint density at radius 3 is 2.42 bits per heavy atom. The molecule has 1 aliphatic rings. The molecule has 2 nitrogen and oxygen atoms in total. The molecule has 6 heteroatoms. The molecule has 1 fully saturated rings. The van der Waals surface area contributed by atoms with E-state index in [2.05, 4.69) is 0 Å². The molecule has 0 atom stereocenters. The van der Waals surface area contributed by atoms with Crippen LogP contribution in [0, 0.1) is 13.8 Å². The predicted molar refractivity (Wildman–Crippen MR) is 108 cm³/mol. The second-order valence-electron chi connectivity index (χ2n) is 5.42. The van der Waals surface area contributed by atoms with Crippen molar-refractivity contribution in [2.75, 3.05) is 4.90 Å². The van der Waals surface area contributed by atoms with Gasteiger partial charge in [0.2, 0.25) is 0 Å². The average Bonchev–Trinajstić information content (AvgIpc) is 2.77. The van der Waals surface area contributed by atoms with Crippen molar-refractivity contribution in [3.63, 3.8) is 0 Å². The van der Waals surface area contributed by atoms with Crippen molar-refractivity contribution in [1.82, 2.24) is 0 Å². The van der Waals surface area contributed by atoms with E-state index >= 15 is 0 Å². The highest BCUT2D eigenvalue weighted by atomic mass is 35.5. The van der Waals surface area contributed by atoms with E-state index in [-0.39, 0.29) is 5.91 Å². The lowest BCUT2D eigenvalue weighted by Crippen LogP contribution is -2.29. The summed E-state index contributed by atoms with van der Waals surface area (Å²) < 4.78 is 0.522. The van der Waals surface area contributed by atoms with Gasteiger partial charge in [0.15, 0.2) is 4.32 Å². The molecule has 1 saturated heterocycles.